The van der Waals surface area contributed by atoms with Crippen molar-refractivity contribution in [3.8, 4) is 17.9 Å². The van der Waals surface area contributed by atoms with Crippen LogP contribution in [-0.2, 0) is 0 Å². The third-order valence-corrected chi connectivity index (χ3v) is 2.22. The van der Waals surface area contributed by atoms with Gasteiger partial charge in [0.1, 0.15) is 24.4 Å². The van der Waals surface area contributed by atoms with Gasteiger partial charge in [0, 0.05) is 6.07 Å². The molecule has 0 aliphatic rings. The van der Waals surface area contributed by atoms with Crippen molar-refractivity contribution in [2.75, 3.05) is 13.1 Å². The molecule has 0 atom stereocenters. The van der Waals surface area contributed by atoms with Gasteiger partial charge in [0.15, 0.2) is 0 Å². The number of rotatable bonds is 4. The van der Waals surface area contributed by atoms with E-state index < -0.39 is 16.5 Å². The normalized spacial score (nSPS) is 9.16. The minimum atomic E-state index is -0.856. The third kappa shape index (κ3) is 3.17. The molecule has 0 saturated carbocycles. The number of hydrogen-bond donors (Lipinski definition) is 1. The van der Waals surface area contributed by atoms with Crippen molar-refractivity contribution in [1.29, 1.82) is 10.5 Å². The first-order valence-electron chi connectivity index (χ1n) is 5.01. The number of nitro groups is 1. The lowest BCUT2D eigenvalue weighted by Gasteiger charge is -2.15. The van der Waals surface area contributed by atoms with Crippen LogP contribution in [-0.4, -0.2) is 33.9 Å². The van der Waals surface area contributed by atoms with Crippen LogP contribution in [0.5, 0.6) is 5.75 Å². The summed E-state index contributed by atoms with van der Waals surface area (Å²) < 4.78 is 0. The number of aromatic hydroxyl groups is 1. The Morgan fingerprint density at radius 1 is 1.37 bits per heavy atom. The van der Waals surface area contributed by atoms with Crippen molar-refractivity contribution in [2.24, 2.45) is 0 Å². The number of nitro benzene ring substituents is 1. The minimum Gasteiger partial charge on any atom is -0.508 e. The van der Waals surface area contributed by atoms with Crippen LogP contribution in [0.15, 0.2) is 18.2 Å². The van der Waals surface area contributed by atoms with Gasteiger partial charge in [-0.1, -0.05) is 0 Å². The summed E-state index contributed by atoms with van der Waals surface area (Å²) >= 11 is 0. The number of phenolic OH excluding ortho intramolecular Hbond substituents is 1. The Morgan fingerprint density at radius 2 is 1.95 bits per heavy atom. The van der Waals surface area contributed by atoms with E-state index in [2.05, 4.69) is 0 Å². The second-order valence-electron chi connectivity index (χ2n) is 3.44. The molecule has 8 heteroatoms. The first kappa shape index (κ1) is 13.9. The Hall–Kier alpha value is -3.13. The van der Waals surface area contributed by atoms with Crippen molar-refractivity contribution >= 4 is 11.6 Å². The molecule has 1 N–H and O–H groups in total. The monoisotopic (exact) mass is 260 g/mol. The maximum Gasteiger partial charge on any atom is 0.282 e. The van der Waals surface area contributed by atoms with Crippen molar-refractivity contribution in [2.45, 2.75) is 0 Å². The average Bonchev–Trinajstić information content (AvgIpc) is 2.37. The SMILES string of the molecule is N#CCN(CC#N)C(=O)c1cc(O)ccc1[N+](=O)[O-]. The smallest absolute Gasteiger partial charge is 0.282 e. The van der Waals surface area contributed by atoms with Gasteiger partial charge in [0.25, 0.3) is 11.6 Å². The van der Waals surface area contributed by atoms with Crippen molar-refractivity contribution in [3.63, 3.8) is 0 Å². The zero-order valence-electron chi connectivity index (χ0n) is 9.61. The number of carbonyl (C=O) groups excluding carboxylic acids is 1. The average molecular weight is 260 g/mol. The van der Waals surface area contributed by atoms with Gasteiger partial charge in [0.05, 0.1) is 17.1 Å². The Bertz CT molecular complexity index is 584. The second kappa shape index (κ2) is 5.98. The molecule has 0 radical (unpaired) electrons. The van der Waals surface area contributed by atoms with E-state index in [1.807, 2.05) is 0 Å². The zero-order valence-corrected chi connectivity index (χ0v) is 9.61. The lowest BCUT2D eigenvalue weighted by atomic mass is 10.1. The Morgan fingerprint density at radius 3 is 2.42 bits per heavy atom. The number of benzene rings is 1. The Balaban J connectivity index is 3.24. The highest BCUT2D eigenvalue weighted by Gasteiger charge is 2.25. The highest BCUT2D eigenvalue weighted by Crippen LogP contribution is 2.24. The van der Waals surface area contributed by atoms with E-state index in [0.29, 0.717) is 0 Å². The summed E-state index contributed by atoms with van der Waals surface area (Å²) in [5.41, 5.74) is -0.862. The van der Waals surface area contributed by atoms with Crippen LogP contribution < -0.4 is 0 Å². The van der Waals surface area contributed by atoms with E-state index in [9.17, 15) is 20.0 Å². The van der Waals surface area contributed by atoms with Gasteiger partial charge in [-0.2, -0.15) is 10.5 Å². The fourth-order valence-corrected chi connectivity index (χ4v) is 1.40. The summed E-state index contributed by atoms with van der Waals surface area (Å²) in [5, 5.41) is 37.2. The molecular weight excluding hydrogens is 252 g/mol. The maximum absolute atomic E-state index is 12.0. The summed E-state index contributed by atoms with van der Waals surface area (Å²) in [7, 11) is 0. The molecule has 0 aliphatic carbocycles. The van der Waals surface area contributed by atoms with E-state index in [1.165, 1.54) is 0 Å². The van der Waals surface area contributed by atoms with Crippen LogP contribution >= 0.6 is 0 Å². The van der Waals surface area contributed by atoms with Crippen LogP contribution in [0.3, 0.4) is 0 Å². The fraction of sp³-hybridized carbons (Fsp3) is 0.182. The highest BCUT2D eigenvalue weighted by atomic mass is 16.6. The number of nitrogens with zero attached hydrogens (tertiary/aromatic N) is 4. The molecule has 1 aromatic carbocycles. The first-order valence-corrected chi connectivity index (χ1v) is 5.01. The van der Waals surface area contributed by atoms with E-state index in [4.69, 9.17) is 10.5 Å². The number of hydrogen-bond acceptors (Lipinski definition) is 6. The molecule has 96 valence electrons. The summed E-state index contributed by atoms with van der Waals surface area (Å²) in [6.07, 6.45) is 0. The molecule has 1 amide bonds. The summed E-state index contributed by atoms with van der Waals surface area (Å²) in [5.74, 6) is -1.17. The predicted octanol–water partition coefficient (Wildman–Crippen LogP) is 0.790. The highest BCUT2D eigenvalue weighted by molar-refractivity contribution is 5.98. The second-order valence-corrected chi connectivity index (χ2v) is 3.44. The molecule has 0 heterocycles. The molecule has 0 aliphatic heterocycles. The third-order valence-electron chi connectivity index (χ3n) is 2.22. The Labute approximate surface area is 107 Å². The molecule has 0 aromatic heterocycles. The zero-order chi connectivity index (χ0) is 14.4. The minimum absolute atomic E-state index is 0.317. The van der Waals surface area contributed by atoms with Crippen LogP contribution in [0.4, 0.5) is 5.69 Å². The topological polar surface area (TPSA) is 131 Å². The predicted molar refractivity (Wildman–Crippen MR) is 61.9 cm³/mol. The number of carbonyl (C=O) groups is 1. The molecule has 1 aromatic rings. The van der Waals surface area contributed by atoms with Gasteiger partial charge in [-0.25, -0.2) is 0 Å². The van der Waals surface area contributed by atoms with E-state index in [0.717, 1.165) is 23.1 Å². The van der Waals surface area contributed by atoms with Crippen LogP contribution in [0.1, 0.15) is 10.4 Å². The van der Waals surface area contributed by atoms with E-state index in [1.54, 1.807) is 12.1 Å². The lowest BCUT2D eigenvalue weighted by Crippen LogP contribution is -2.32. The number of amides is 1. The first-order chi connectivity index (χ1) is 9.01. The lowest BCUT2D eigenvalue weighted by molar-refractivity contribution is -0.385. The van der Waals surface area contributed by atoms with Gasteiger partial charge in [-0.05, 0) is 12.1 Å². The van der Waals surface area contributed by atoms with E-state index >= 15 is 0 Å². The van der Waals surface area contributed by atoms with Gasteiger partial charge in [-0.3, -0.25) is 14.9 Å². The van der Waals surface area contributed by atoms with Crippen LogP contribution in [0, 0.1) is 32.8 Å². The molecule has 0 unspecified atom stereocenters. The molecule has 0 spiro atoms. The van der Waals surface area contributed by atoms with Gasteiger partial charge in [-0.15, -0.1) is 0 Å². The number of phenols is 1. The van der Waals surface area contributed by atoms with E-state index in [-0.39, 0.29) is 24.4 Å². The number of nitriles is 2. The molecular formula is C11H8N4O4. The van der Waals surface area contributed by atoms with Crippen LogP contribution in [0.2, 0.25) is 0 Å². The molecule has 19 heavy (non-hydrogen) atoms. The largest absolute Gasteiger partial charge is 0.508 e. The molecule has 8 nitrogen and oxygen atoms in total. The standard InChI is InChI=1S/C11H8N4O4/c12-3-5-14(6-4-13)11(17)9-7-8(16)1-2-10(9)15(18)19/h1-2,7,16H,5-6H2. The summed E-state index contributed by atoms with van der Waals surface area (Å²) in [4.78, 5) is 22.9. The van der Waals surface area contributed by atoms with Crippen molar-refractivity contribution in [3.05, 3.63) is 33.9 Å². The summed E-state index contributed by atoms with van der Waals surface area (Å²) in [6.45, 7) is -0.752. The van der Waals surface area contributed by atoms with Crippen LogP contribution in [0.25, 0.3) is 0 Å². The van der Waals surface area contributed by atoms with Gasteiger partial charge >= 0.3 is 0 Å². The fourth-order valence-electron chi connectivity index (χ4n) is 1.40. The summed E-state index contributed by atoms with van der Waals surface area (Å²) in [6, 6.07) is 6.37. The maximum atomic E-state index is 12.0. The molecule has 0 fully saturated rings. The quantitative estimate of drug-likeness (QED) is 0.483. The van der Waals surface area contributed by atoms with Crippen molar-refractivity contribution in [1.82, 2.24) is 4.90 Å². The Kier molecular flexibility index (Phi) is 4.39. The van der Waals surface area contributed by atoms with Crippen molar-refractivity contribution < 1.29 is 14.8 Å². The van der Waals surface area contributed by atoms with Gasteiger partial charge in [0.2, 0.25) is 0 Å². The molecule has 0 bridgehead atoms. The van der Waals surface area contributed by atoms with Gasteiger partial charge < -0.3 is 10.0 Å². The molecule has 0 saturated heterocycles. The molecule has 1 rings (SSSR count).